The molecular formula is C53H33N5. The van der Waals surface area contributed by atoms with Crippen LogP contribution in [0.4, 0.5) is 0 Å². The van der Waals surface area contributed by atoms with Gasteiger partial charge < -0.3 is 0 Å². The molecule has 0 saturated heterocycles. The second-order valence-corrected chi connectivity index (χ2v) is 15.0. The molecule has 0 N–H and O–H groups in total. The molecule has 2 aromatic heterocycles. The largest absolute Gasteiger partial charge is 0.292 e. The van der Waals surface area contributed by atoms with E-state index in [0.717, 1.165) is 50.4 Å². The van der Waals surface area contributed by atoms with Crippen molar-refractivity contribution in [2.75, 3.05) is 0 Å². The highest BCUT2D eigenvalue weighted by Crippen LogP contribution is 2.63. The fourth-order valence-corrected chi connectivity index (χ4v) is 9.53. The van der Waals surface area contributed by atoms with E-state index < -0.39 is 5.41 Å². The van der Waals surface area contributed by atoms with Crippen molar-refractivity contribution in [3.63, 3.8) is 0 Å². The zero-order valence-electron chi connectivity index (χ0n) is 31.3. The summed E-state index contributed by atoms with van der Waals surface area (Å²) in [7, 11) is 0. The van der Waals surface area contributed by atoms with Crippen LogP contribution in [-0.4, -0.2) is 24.5 Å². The van der Waals surface area contributed by atoms with Gasteiger partial charge in [-0.25, -0.2) is 19.9 Å². The summed E-state index contributed by atoms with van der Waals surface area (Å²) in [4.78, 5) is 21.0. The number of hydrogen-bond donors (Lipinski definition) is 0. The number of benzene rings is 8. The van der Waals surface area contributed by atoms with Crippen LogP contribution < -0.4 is 0 Å². The van der Waals surface area contributed by atoms with Crippen molar-refractivity contribution in [2.45, 2.75) is 5.41 Å². The Bertz CT molecular complexity index is 3190. The smallest absolute Gasteiger partial charge is 0.164 e. The second kappa shape index (κ2) is 12.6. The summed E-state index contributed by atoms with van der Waals surface area (Å²) >= 11 is 0. The van der Waals surface area contributed by atoms with Crippen LogP contribution in [0.2, 0.25) is 0 Å². The van der Waals surface area contributed by atoms with Gasteiger partial charge in [0.2, 0.25) is 0 Å². The number of rotatable bonds is 5. The van der Waals surface area contributed by atoms with E-state index in [9.17, 15) is 0 Å². The number of hydrogen-bond acceptors (Lipinski definition) is 4. The molecule has 2 aliphatic carbocycles. The SMILES string of the molecule is c1ccc(-c2nc(-c3cccc(-c4nc5ccccc5n4-c4ccccc4)c3)nc(-c3cccc4c3-c3ccccc3C43c4ccccc4-c4ccccc43)n2)cc1. The van der Waals surface area contributed by atoms with Crippen LogP contribution in [-0.2, 0) is 5.41 Å². The molecule has 10 aromatic rings. The molecule has 12 rings (SSSR count). The first kappa shape index (κ1) is 32.5. The van der Waals surface area contributed by atoms with E-state index in [4.69, 9.17) is 19.9 Å². The van der Waals surface area contributed by atoms with Crippen molar-refractivity contribution in [2.24, 2.45) is 0 Å². The van der Waals surface area contributed by atoms with Gasteiger partial charge in [-0.3, -0.25) is 4.57 Å². The molecule has 0 aliphatic heterocycles. The minimum absolute atomic E-state index is 0.466. The van der Waals surface area contributed by atoms with Crippen LogP contribution in [0.5, 0.6) is 0 Å². The molecular weight excluding hydrogens is 707 g/mol. The Morgan fingerprint density at radius 3 is 1.59 bits per heavy atom. The highest BCUT2D eigenvalue weighted by molar-refractivity contribution is 5.99. The predicted octanol–water partition coefficient (Wildman–Crippen LogP) is 12.2. The maximum absolute atomic E-state index is 5.36. The van der Waals surface area contributed by atoms with E-state index in [1.807, 2.05) is 30.3 Å². The topological polar surface area (TPSA) is 56.5 Å². The lowest BCUT2D eigenvalue weighted by Crippen LogP contribution is -2.25. The fraction of sp³-hybridized carbons (Fsp3) is 0.0189. The number of fused-ring (bicyclic) bond motifs is 11. The van der Waals surface area contributed by atoms with Gasteiger partial charge in [0.15, 0.2) is 17.5 Å². The summed E-state index contributed by atoms with van der Waals surface area (Å²) in [5.41, 5.74) is 16.4. The van der Waals surface area contributed by atoms with Crippen LogP contribution >= 0.6 is 0 Å². The average Bonchev–Trinajstić information content (AvgIpc) is 3.94. The molecule has 5 heteroatoms. The summed E-state index contributed by atoms with van der Waals surface area (Å²) in [5, 5.41) is 0. The predicted molar refractivity (Wildman–Crippen MR) is 232 cm³/mol. The molecule has 8 aromatic carbocycles. The van der Waals surface area contributed by atoms with Gasteiger partial charge in [-0.1, -0.05) is 170 Å². The summed E-state index contributed by atoms with van der Waals surface area (Å²) < 4.78 is 2.22. The third kappa shape index (κ3) is 4.64. The Morgan fingerprint density at radius 2 is 0.845 bits per heavy atom. The molecule has 2 heterocycles. The van der Waals surface area contributed by atoms with Crippen molar-refractivity contribution >= 4 is 11.0 Å². The maximum atomic E-state index is 5.36. The lowest BCUT2D eigenvalue weighted by Gasteiger charge is -2.30. The van der Waals surface area contributed by atoms with Crippen molar-refractivity contribution in [3.8, 4) is 73.5 Å². The van der Waals surface area contributed by atoms with Gasteiger partial charge in [0.25, 0.3) is 0 Å². The first-order valence-corrected chi connectivity index (χ1v) is 19.7. The molecule has 0 radical (unpaired) electrons. The van der Waals surface area contributed by atoms with Crippen LogP contribution in [0.25, 0.3) is 84.5 Å². The summed E-state index contributed by atoms with van der Waals surface area (Å²) in [6, 6.07) is 70.6. The molecule has 0 fully saturated rings. The Morgan fingerprint density at radius 1 is 0.345 bits per heavy atom. The van der Waals surface area contributed by atoms with Crippen molar-refractivity contribution in [1.29, 1.82) is 0 Å². The molecule has 270 valence electrons. The van der Waals surface area contributed by atoms with Gasteiger partial charge in [-0.2, -0.15) is 0 Å². The first-order chi connectivity index (χ1) is 28.8. The number of nitrogens with zero attached hydrogens (tertiary/aromatic N) is 5. The lowest BCUT2D eigenvalue weighted by atomic mass is 9.70. The number of para-hydroxylation sites is 3. The van der Waals surface area contributed by atoms with Gasteiger partial charge >= 0.3 is 0 Å². The maximum Gasteiger partial charge on any atom is 0.164 e. The van der Waals surface area contributed by atoms with Crippen LogP contribution in [0.15, 0.2) is 200 Å². The van der Waals surface area contributed by atoms with E-state index in [-0.39, 0.29) is 0 Å². The third-order valence-corrected chi connectivity index (χ3v) is 11.9. The van der Waals surface area contributed by atoms with Gasteiger partial charge in [-0.05, 0) is 74.8 Å². The quantitative estimate of drug-likeness (QED) is 0.176. The fourth-order valence-electron chi connectivity index (χ4n) is 9.53. The van der Waals surface area contributed by atoms with Crippen molar-refractivity contribution < 1.29 is 0 Å². The first-order valence-electron chi connectivity index (χ1n) is 19.7. The Balaban J connectivity index is 1.08. The highest BCUT2D eigenvalue weighted by atomic mass is 15.1. The average molecular weight is 740 g/mol. The normalized spacial score (nSPS) is 13.0. The molecule has 0 unspecified atom stereocenters. The van der Waals surface area contributed by atoms with Crippen LogP contribution in [0, 0.1) is 0 Å². The monoisotopic (exact) mass is 739 g/mol. The van der Waals surface area contributed by atoms with Crippen molar-refractivity contribution in [3.05, 3.63) is 222 Å². The van der Waals surface area contributed by atoms with Crippen LogP contribution in [0.1, 0.15) is 22.3 Å². The lowest BCUT2D eigenvalue weighted by molar-refractivity contribution is 0.794. The van der Waals surface area contributed by atoms with E-state index >= 15 is 0 Å². The molecule has 0 bridgehead atoms. The summed E-state index contributed by atoms with van der Waals surface area (Å²) in [6.07, 6.45) is 0. The molecule has 5 nitrogen and oxygen atoms in total. The molecule has 2 aliphatic rings. The van der Waals surface area contributed by atoms with Gasteiger partial charge in [0.1, 0.15) is 5.82 Å². The van der Waals surface area contributed by atoms with Crippen LogP contribution in [0.3, 0.4) is 0 Å². The molecule has 0 atom stereocenters. The van der Waals surface area contributed by atoms with Gasteiger partial charge in [0, 0.05) is 27.9 Å². The molecule has 0 saturated carbocycles. The summed E-state index contributed by atoms with van der Waals surface area (Å²) in [6.45, 7) is 0. The molecule has 1 spiro atoms. The minimum atomic E-state index is -0.466. The van der Waals surface area contributed by atoms with E-state index in [2.05, 4.69) is 174 Å². The highest BCUT2D eigenvalue weighted by Gasteiger charge is 2.52. The standard InChI is InChI=1S/C53H33N5/c1-3-17-34(18-4-1)49-55-50(35-19-15-20-36(33-35)52-54-46-31-13-14-32-47(46)58(52)37-21-5-2-6-22-37)57-51(56-49)41-26-16-30-45-48(41)40-25-9-12-29-44(40)53(45)42-27-10-7-23-38(42)39-24-8-11-28-43(39)53/h1-33H. The number of aromatic nitrogens is 5. The second-order valence-electron chi connectivity index (χ2n) is 15.0. The Hall–Kier alpha value is -7.76. The zero-order chi connectivity index (χ0) is 38.2. The molecule has 58 heavy (non-hydrogen) atoms. The Kier molecular flexibility index (Phi) is 7.07. The summed E-state index contributed by atoms with van der Waals surface area (Å²) in [5.74, 6) is 2.71. The van der Waals surface area contributed by atoms with E-state index in [0.29, 0.717) is 17.5 Å². The van der Waals surface area contributed by atoms with E-state index in [1.165, 1.54) is 38.9 Å². The Labute approximate surface area is 335 Å². The van der Waals surface area contributed by atoms with Gasteiger partial charge in [-0.15, -0.1) is 0 Å². The molecule has 0 amide bonds. The zero-order valence-corrected chi connectivity index (χ0v) is 31.3. The minimum Gasteiger partial charge on any atom is -0.292 e. The van der Waals surface area contributed by atoms with E-state index in [1.54, 1.807) is 0 Å². The number of imidazole rings is 1. The van der Waals surface area contributed by atoms with Gasteiger partial charge in [0.05, 0.1) is 16.4 Å². The third-order valence-electron chi connectivity index (χ3n) is 11.9. The van der Waals surface area contributed by atoms with Crippen molar-refractivity contribution in [1.82, 2.24) is 24.5 Å².